The molecule has 3 heteroatoms. The molecule has 0 aromatic carbocycles. The van der Waals surface area contributed by atoms with E-state index in [1.54, 1.807) is 0 Å². The average molecular weight is 154 g/mol. The zero-order valence-electron chi connectivity index (χ0n) is 5.56. The highest BCUT2D eigenvalue weighted by Crippen LogP contribution is 2.26. The number of rotatable bonds is 2. The van der Waals surface area contributed by atoms with Crippen LogP contribution in [-0.2, 0) is 0 Å². The van der Waals surface area contributed by atoms with Gasteiger partial charge in [-0.3, -0.25) is 4.39 Å². The van der Waals surface area contributed by atoms with E-state index in [-0.39, 0.29) is 19.1 Å². The summed E-state index contributed by atoms with van der Waals surface area (Å²) in [5.41, 5.74) is 0. The van der Waals surface area contributed by atoms with Crippen LogP contribution >= 0.6 is 12.4 Å². The van der Waals surface area contributed by atoms with Gasteiger partial charge in [-0.2, -0.15) is 0 Å². The van der Waals surface area contributed by atoms with E-state index in [1.165, 1.54) is 0 Å². The summed E-state index contributed by atoms with van der Waals surface area (Å²) in [4.78, 5) is 0. The van der Waals surface area contributed by atoms with Crippen molar-refractivity contribution in [2.75, 3.05) is 13.7 Å². The Kier molecular flexibility index (Phi) is 4.15. The Morgan fingerprint density at radius 2 is 2.11 bits per heavy atom. The van der Waals surface area contributed by atoms with Crippen molar-refractivity contribution in [2.45, 2.75) is 18.9 Å². The van der Waals surface area contributed by atoms with Gasteiger partial charge in [-0.15, -0.1) is 12.4 Å². The lowest BCUT2D eigenvalue weighted by Crippen LogP contribution is -2.39. The SMILES string of the molecule is CNC1CC(CF)C1.Cl. The van der Waals surface area contributed by atoms with Crippen molar-refractivity contribution in [1.82, 2.24) is 5.32 Å². The molecular formula is C6H13ClFN. The van der Waals surface area contributed by atoms with Crippen LogP contribution in [0.5, 0.6) is 0 Å². The minimum absolute atomic E-state index is 0. The van der Waals surface area contributed by atoms with Crippen molar-refractivity contribution >= 4 is 12.4 Å². The molecule has 1 rings (SSSR count). The van der Waals surface area contributed by atoms with Crippen LogP contribution in [0.1, 0.15) is 12.8 Å². The zero-order valence-corrected chi connectivity index (χ0v) is 6.38. The van der Waals surface area contributed by atoms with E-state index in [0.29, 0.717) is 12.0 Å². The number of hydrogen-bond acceptors (Lipinski definition) is 1. The van der Waals surface area contributed by atoms with Gasteiger partial charge in [-0.05, 0) is 25.8 Å². The fraction of sp³-hybridized carbons (Fsp3) is 1.00. The summed E-state index contributed by atoms with van der Waals surface area (Å²) in [6, 6.07) is 0.607. The first-order chi connectivity index (χ1) is 3.86. The third kappa shape index (κ3) is 2.11. The molecule has 0 heterocycles. The lowest BCUT2D eigenvalue weighted by atomic mass is 9.81. The fourth-order valence-electron chi connectivity index (χ4n) is 1.10. The smallest absolute Gasteiger partial charge is 0.0923 e. The highest BCUT2D eigenvalue weighted by Gasteiger charge is 2.26. The Balaban J connectivity index is 0.000000640. The van der Waals surface area contributed by atoms with Gasteiger partial charge < -0.3 is 5.32 Å². The molecule has 56 valence electrons. The van der Waals surface area contributed by atoms with Crippen molar-refractivity contribution in [3.05, 3.63) is 0 Å². The lowest BCUT2D eigenvalue weighted by Gasteiger charge is -2.32. The van der Waals surface area contributed by atoms with Crippen LogP contribution in [0.2, 0.25) is 0 Å². The summed E-state index contributed by atoms with van der Waals surface area (Å²) in [5.74, 6) is 0.368. The molecule has 0 aromatic rings. The maximum absolute atomic E-state index is 11.7. The second kappa shape index (κ2) is 4.07. The number of alkyl halides is 1. The highest BCUT2D eigenvalue weighted by molar-refractivity contribution is 5.85. The summed E-state index contributed by atoms with van der Waals surface area (Å²) in [5, 5.41) is 3.10. The van der Waals surface area contributed by atoms with Gasteiger partial charge in [-0.1, -0.05) is 0 Å². The predicted molar refractivity (Wildman–Crippen MR) is 38.8 cm³/mol. The first-order valence-corrected chi connectivity index (χ1v) is 3.10. The normalized spacial score (nSPS) is 32.7. The minimum Gasteiger partial charge on any atom is -0.317 e. The molecular weight excluding hydrogens is 141 g/mol. The van der Waals surface area contributed by atoms with Crippen LogP contribution in [0, 0.1) is 5.92 Å². The van der Waals surface area contributed by atoms with Gasteiger partial charge >= 0.3 is 0 Å². The molecule has 1 saturated carbocycles. The molecule has 0 unspecified atom stereocenters. The number of halogens is 2. The molecule has 0 aromatic heterocycles. The quantitative estimate of drug-likeness (QED) is 0.632. The topological polar surface area (TPSA) is 12.0 Å². The van der Waals surface area contributed by atoms with Crippen LogP contribution in [0.4, 0.5) is 4.39 Å². The van der Waals surface area contributed by atoms with E-state index in [4.69, 9.17) is 0 Å². The largest absolute Gasteiger partial charge is 0.317 e. The fourth-order valence-corrected chi connectivity index (χ4v) is 1.10. The van der Waals surface area contributed by atoms with Crippen molar-refractivity contribution in [1.29, 1.82) is 0 Å². The monoisotopic (exact) mass is 153 g/mol. The van der Waals surface area contributed by atoms with E-state index in [1.807, 2.05) is 7.05 Å². The maximum atomic E-state index is 11.7. The van der Waals surface area contributed by atoms with Crippen molar-refractivity contribution in [3.63, 3.8) is 0 Å². The van der Waals surface area contributed by atoms with Gasteiger partial charge in [-0.25, -0.2) is 0 Å². The molecule has 1 aliphatic carbocycles. The van der Waals surface area contributed by atoms with Crippen LogP contribution < -0.4 is 5.32 Å². The number of nitrogens with one attached hydrogen (secondary N) is 1. The molecule has 9 heavy (non-hydrogen) atoms. The average Bonchev–Trinajstić information content (AvgIpc) is 1.65. The van der Waals surface area contributed by atoms with E-state index in [0.717, 1.165) is 12.8 Å². The second-order valence-corrected chi connectivity index (χ2v) is 2.48. The molecule has 1 aliphatic rings. The van der Waals surface area contributed by atoms with E-state index in [9.17, 15) is 4.39 Å². The van der Waals surface area contributed by atoms with Crippen LogP contribution in [0.3, 0.4) is 0 Å². The first kappa shape index (κ1) is 9.18. The van der Waals surface area contributed by atoms with Crippen LogP contribution in [0.15, 0.2) is 0 Å². The van der Waals surface area contributed by atoms with Crippen molar-refractivity contribution in [3.8, 4) is 0 Å². The Bertz CT molecular complexity index is 65.5. The molecule has 0 aliphatic heterocycles. The van der Waals surface area contributed by atoms with Crippen LogP contribution in [-0.4, -0.2) is 19.8 Å². The molecule has 1 fully saturated rings. The number of hydrogen-bond donors (Lipinski definition) is 1. The standard InChI is InChI=1S/C6H12FN.ClH/c1-8-6-2-5(3-6)4-7;/h5-6,8H,2-4H2,1H3;1H. The summed E-state index contributed by atoms with van der Waals surface area (Å²) < 4.78 is 11.7. The molecule has 0 saturated heterocycles. The van der Waals surface area contributed by atoms with Crippen molar-refractivity contribution < 1.29 is 4.39 Å². The molecule has 0 amide bonds. The molecule has 1 nitrogen and oxygen atoms in total. The van der Waals surface area contributed by atoms with Crippen molar-refractivity contribution in [2.24, 2.45) is 5.92 Å². The van der Waals surface area contributed by atoms with Gasteiger partial charge in [0.2, 0.25) is 0 Å². The Morgan fingerprint density at radius 1 is 1.56 bits per heavy atom. The third-order valence-electron chi connectivity index (χ3n) is 1.86. The van der Waals surface area contributed by atoms with E-state index >= 15 is 0 Å². The van der Waals surface area contributed by atoms with Gasteiger partial charge in [0.25, 0.3) is 0 Å². The Hall–Kier alpha value is 0.180. The summed E-state index contributed by atoms with van der Waals surface area (Å²) >= 11 is 0. The van der Waals surface area contributed by atoms with Gasteiger partial charge in [0.05, 0.1) is 6.67 Å². The first-order valence-electron chi connectivity index (χ1n) is 3.10. The van der Waals surface area contributed by atoms with E-state index in [2.05, 4.69) is 5.32 Å². The van der Waals surface area contributed by atoms with Gasteiger partial charge in [0, 0.05) is 6.04 Å². The Labute approximate surface area is 61.4 Å². The summed E-state index contributed by atoms with van der Waals surface area (Å²) in [7, 11) is 1.93. The second-order valence-electron chi connectivity index (χ2n) is 2.48. The third-order valence-corrected chi connectivity index (χ3v) is 1.86. The summed E-state index contributed by atoms with van der Waals surface area (Å²) in [6.45, 7) is -0.127. The Morgan fingerprint density at radius 3 is 2.44 bits per heavy atom. The maximum Gasteiger partial charge on any atom is 0.0923 e. The summed E-state index contributed by atoms with van der Waals surface area (Å²) in [6.07, 6.45) is 2.07. The zero-order chi connectivity index (χ0) is 5.98. The highest BCUT2D eigenvalue weighted by atomic mass is 35.5. The van der Waals surface area contributed by atoms with Crippen LogP contribution in [0.25, 0.3) is 0 Å². The molecule has 0 radical (unpaired) electrons. The molecule has 0 atom stereocenters. The molecule has 0 spiro atoms. The van der Waals surface area contributed by atoms with Gasteiger partial charge in [0.15, 0.2) is 0 Å². The minimum atomic E-state index is -0.127. The molecule has 1 N–H and O–H groups in total. The molecule has 0 bridgehead atoms. The van der Waals surface area contributed by atoms with E-state index < -0.39 is 0 Å². The van der Waals surface area contributed by atoms with Gasteiger partial charge in [0.1, 0.15) is 0 Å². The lowest BCUT2D eigenvalue weighted by molar-refractivity contribution is 0.188. The predicted octanol–water partition coefficient (Wildman–Crippen LogP) is 1.38.